The summed E-state index contributed by atoms with van der Waals surface area (Å²) >= 11 is 5.77. The Morgan fingerprint density at radius 2 is 2.17 bits per heavy atom. The number of aromatic nitrogens is 1. The molecule has 0 spiro atoms. The minimum Gasteiger partial charge on any atom is -0.434 e. The number of carbonyl (C=O) groups is 1. The Kier molecular flexibility index (Phi) is 3.57. The van der Waals surface area contributed by atoms with Crippen LogP contribution in [-0.2, 0) is 0 Å². The number of hydrogen-bond acceptors (Lipinski definition) is 4. The van der Waals surface area contributed by atoms with Crippen LogP contribution in [0.3, 0.4) is 0 Å². The summed E-state index contributed by atoms with van der Waals surface area (Å²) in [4.78, 5) is 10.5. The topological polar surface area (TPSA) is 52.3 Å². The molecule has 0 radical (unpaired) electrons. The average Bonchev–Trinajstić information content (AvgIpc) is 2.79. The van der Waals surface area contributed by atoms with Gasteiger partial charge in [-0.15, -0.1) is 0 Å². The Hall–Kier alpha value is -1.95. The van der Waals surface area contributed by atoms with Gasteiger partial charge in [-0.25, -0.2) is 0 Å². The number of alkyl halides is 2. The van der Waals surface area contributed by atoms with Crippen molar-refractivity contribution in [3.05, 3.63) is 35.0 Å². The van der Waals surface area contributed by atoms with Gasteiger partial charge in [-0.1, -0.05) is 16.8 Å². The molecule has 0 bridgehead atoms. The van der Waals surface area contributed by atoms with Gasteiger partial charge in [0.05, 0.1) is 0 Å². The standard InChI is InChI=1S/C11H6ClF2NO3/c12-6-1-2-10(17-11(13)14)8(3-6)9-4-7(5-16)18-15-9/h1-5,11H. The van der Waals surface area contributed by atoms with Crippen LogP contribution in [-0.4, -0.2) is 18.1 Å². The third-order valence-electron chi connectivity index (χ3n) is 2.08. The highest BCUT2D eigenvalue weighted by Crippen LogP contribution is 2.33. The van der Waals surface area contributed by atoms with Gasteiger partial charge >= 0.3 is 6.61 Å². The summed E-state index contributed by atoms with van der Waals surface area (Å²) in [6, 6.07) is 5.39. The fraction of sp³-hybridized carbons (Fsp3) is 0.0909. The van der Waals surface area contributed by atoms with Crippen molar-refractivity contribution in [2.45, 2.75) is 6.61 Å². The minimum atomic E-state index is -2.97. The van der Waals surface area contributed by atoms with E-state index in [4.69, 9.17) is 11.6 Å². The summed E-state index contributed by atoms with van der Waals surface area (Å²) in [5.41, 5.74) is 0.412. The predicted octanol–water partition coefficient (Wildman–Crippen LogP) is 3.41. The number of benzene rings is 1. The van der Waals surface area contributed by atoms with Crippen molar-refractivity contribution in [3.8, 4) is 17.0 Å². The van der Waals surface area contributed by atoms with E-state index >= 15 is 0 Å². The molecule has 7 heteroatoms. The van der Waals surface area contributed by atoms with Crippen LogP contribution in [0.25, 0.3) is 11.3 Å². The Morgan fingerprint density at radius 1 is 1.39 bits per heavy atom. The number of rotatable bonds is 4. The zero-order valence-electron chi connectivity index (χ0n) is 8.77. The molecule has 0 unspecified atom stereocenters. The molecule has 0 saturated heterocycles. The SMILES string of the molecule is O=Cc1cc(-c2cc(Cl)ccc2OC(F)F)no1. The number of halogens is 3. The van der Waals surface area contributed by atoms with E-state index < -0.39 is 6.61 Å². The zero-order chi connectivity index (χ0) is 13.1. The molecule has 0 saturated carbocycles. The third-order valence-corrected chi connectivity index (χ3v) is 2.31. The Morgan fingerprint density at radius 3 is 2.78 bits per heavy atom. The van der Waals surface area contributed by atoms with Gasteiger partial charge in [0.15, 0.2) is 12.0 Å². The number of carbonyl (C=O) groups excluding carboxylic acids is 1. The number of nitrogens with zero attached hydrogens (tertiary/aromatic N) is 1. The lowest BCUT2D eigenvalue weighted by Gasteiger charge is -2.08. The molecule has 1 heterocycles. The van der Waals surface area contributed by atoms with E-state index in [1.807, 2.05) is 0 Å². The highest BCUT2D eigenvalue weighted by molar-refractivity contribution is 6.30. The van der Waals surface area contributed by atoms with Crippen LogP contribution in [0.4, 0.5) is 8.78 Å². The van der Waals surface area contributed by atoms with Gasteiger partial charge in [0.2, 0.25) is 0 Å². The average molecular weight is 274 g/mol. The molecule has 0 aliphatic carbocycles. The quantitative estimate of drug-likeness (QED) is 0.801. The van der Waals surface area contributed by atoms with E-state index in [-0.39, 0.29) is 22.8 Å². The van der Waals surface area contributed by atoms with Crippen molar-refractivity contribution < 1.29 is 22.8 Å². The lowest BCUT2D eigenvalue weighted by molar-refractivity contribution is -0.0494. The van der Waals surface area contributed by atoms with Gasteiger partial charge in [0.1, 0.15) is 11.4 Å². The number of hydrogen-bond donors (Lipinski definition) is 0. The van der Waals surface area contributed by atoms with Crippen LogP contribution in [0.15, 0.2) is 28.8 Å². The molecule has 0 fully saturated rings. The third kappa shape index (κ3) is 2.65. The Labute approximate surface area is 105 Å². The maximum atomic E-state index is 12.2. The number of ether oxygens (including phenoxy) is 1. The van der Waals surface area contributed by atoms with E-state index in [1.54, 1.807) is 0 Å². The van der Waals surface area contributed by atoms with Crippen LogP contribution in [0, 0.1) is 0 Å². The van der Waals surface area contributed by atoms with E-state index in [0.29, 0.717) is 11.3 Å². The molecule has 2 rings (SSSR count). The molecule has 0 aliphatic heterocycles. The highest BCUT2D eigenvalue weighted by atomic mass is 35.5. The summed E-state index contributed by atoms with van der Waals surface area (Å²) in [5.74, 6) is -0.117. The van der Waals surface area contributed by atoms with E-state index in [9.17, 15) is 13.6 Å². The maximum Gasteiger partial charge on any atom is 0.387 e. The maximum absolute atomic E-state index is 12.2. The van der Waals surface area contributed by atoms with Crippen molar-refractivity contribution in [3.63, 3.8) is 0 Å². The van der Waals surface area contributed by atoms with Crippen molar-refractivity contribution >= 4 is 17.9 Å². The van der Waals surface area contributed by atoms with Crippen LogP contribution in [0.5, 0.6) is 5.75 Å². The van der Waals surface area contributed by atoms with Gasteiger partial charge in [0.25, 0.3) is 0 Å². The first-order valence-electron chi connectivity index (χ1n) is 4.77. The highest BCUT2D eigenvalue weighted by Gasteiger charge is 2.15. The largest absolute Gasteiger partial charge is 0.434 e. The molecule has 2 aromatic rings. The second-order valence-corrected chi connectivity index (χ2v) is 3.69. The molecule has 0 atom stereocenters. The van der Waals surface area contributed by atoms with Gasteiger partial charge in [-0.3, -0.25) is 4.79 Å². The van der Waals surface area contributed by atoms with E-state index in [0.717, 1.165) is 0 Å². The number of aldehydes is 1. The first-order chi connectivity index (χ1) is 8.60. The molecule has 1 aromatic heterocycles. The second kappa shape index (κ2) is 5.14. The van der Waals surface area contributed by atoms with Gasteiger partial charge in [0, 0.05) is 16.7 Å². The fourth-order valence-electron chi connectivity index (χ4n) is 1.37. The lowest BCUT2D eigenvalue weighted by Crippen LogP contribution is -2.03. The molecule has 18 heavy (non-hydrogen) atoms. The molecule has 0 N–H and O–H groups in total. The second-order valence-electron chi connectivity index (χ2n) is 3.25. The van der Waals surface area contributed by atoms with Crippen LogP contribution in [0.1, 0.15) is 10.6 Å². The zero-order valence-corrected chi connectivity index (χ0v) is 9.53. The Balaban J connectivity index is 2.46. The van der Waals surface area contributed by atoms with Crippen molar-refractivity contribution in [1.82, 2.24) is 5.16 Å². The molecular formula is C11H6ClF2NO3. The molecule has 94 valence electrons. The monoisotopic (exact) mass is 273 g/mol. The van der Waals surface area contributed by atoms with E-state index in [2.05, 4.69) is 14.4 Å². The Bertz CT molecular complexity index is 571. The van der Waals surface area contributed by atoms with Crippen molar-refractivity contribution in [2.75, 3.05) is 0 Å². The summed E-state index contributed by atoms with van der Waals surface area (Å²) in [5, 5.41) is 3.90. The lowest BCUT2D eigenvalue weighted by atomic mass is 10.1. The molecule has 1 aromatic carbocycles. The fourth-order valence-corrected chi connectivity index (χ4v) is 1.55. The van der Waals surface area contributed by atoms with Crippen LogP contribution in [0.2, 0.25) is 5.02 Å². The molecule has 0 aliphatic rings. The first-order valence-corrected chi connectivity index (χ1v) is 5.14. The van der Waals surface area contributed by atoms with Crippen LogP contribution >= 0.6 is 11.6 Å². The van der Waals surface area contributed by atoms with Crippen molar-refractivity contribution in [2.24, 2.45) is 0 Å². The summed E-state index contributed by atoms with van der Waals surface area (Å²) in [7, 11) is 0. The summed E-state index contributed by atoms with van der Waals surface area (Å²) in [6.45, 7) is -2.97. The van der Waals surface area contributed by atoms with Gasteiger partial charge in [-0.2, -0.15) is 8.78 Å². The normalized spacial score (nSPS) is 10.7. The predicted molar refractivity (Wildman–Crippen MR) is 59.0 cm³/mol. The summed E-state index contributed by atoms with van der Waals surface area (Å²) < 4.78 is 33.5. The van der Waals surface area contributed by atoms with Crippen molar-refractivity contribution in [1.29, 1.82) is 0 Å². The molecule has 4 nitrogen and oxygen atoms in total. The summed E-state index contributed by atoms with van der Waals surface area (Å²) in [6.07, 6.45) is 0.453. The molecule has 0 amide bonds. The minimum absolute atomic E-state index is 0.0204. The van der Waals surface area contributed by atoms with Crippen LogP contribution < -0.4 is 4.74 Å². The van der Waals surface area contributed by atoms with E-state index in [1.165, 1.54) is 24.3 Å². The first kappa shape index (κ1) is 12.5. The molecular weight excluding hydrogens is 268 g/mol. The van der Waals surface area contributed by atoms with Gasteiger partial charge < -0.3 is 9.26 Å². The van der Waals surface area contributed by atoms with Gasteiger partial charge in [-0.05, 0) is 18.2 Å². The smallest absolute Gasteiger partial charge is 0.387 e.